The minimum absolute atomic E-state index is 0.332. The van der Waals surface area contributed by atoms with Crippen LogP contribution in [0, 0.1) is 0 Å². The molecule has 1 fully saturated rings. The van der Waals surface area contributed by atoms with Crippen molar-refractivity contribution in [1.82, 2.24) is 15.6 Å². The largest absolute Gasteiger partial charge is 0.497 e. The molecule has 1 atom stereocenters. The number of rotatable bonds is 7. The fraction of sp³-hybridized carbons (Fsp3) is 0.429. The Balaban J connectivity index is 1.52. The third-order valence-electron chi connectivity index (χ3n) is 4.85. The van der Waals surface area contributed by atoms with E-state index in [1.807, 2.05) is 42.6 Å². The van der Waals surface area contributed by atoms with E-state index in [-0.39, 0.29) is 0 Å². The van der Waals surface area contributed by atoms with Crippen LogP contribution in [0.2, 0.25) is 0 Å². The normalized spacial score (nSPS) is 16.8. The molecule has 7 nitrogen and oxygen atoms in total. The number of hydrogen-bond acceptors (Lipinski definition) is 5. The number of aromatic nitrogens is 1. The first-order chi connectivity index (χ1) is 13.7. The third-order valence-corrected chi connectivity index (χ3v) is 4.85. The standard InChI is InChI=1S/C21H29N5O2/c1-22-21(24-10-7-16-6-4-5-9-23-16)25-17-8-11-26(15-17)18-12-19(27-2)14-20(13-18)28-3/h4-6,9,12-14,17H,7-8,10-11,15H2,1-3H3,(H2,22,24,25). The second-order valence-electron chi connectivity index (χ2n) is 6.72. The highest BCUT2D eigenvalue weighted by atomic mass is 16.5. The zero-order chi connectivity index (χ0) is 19.8. The summed E-state index contributed by atoms with van der Waals surface area (Å²) in [7, 11) is 5.15. The second-order valence-corrected chi connectivity index (χ2v) is 6.72. The van der Waals surface area contributed by atoms with Gasteiger partial charge >= 0.3 is 0 Å². The fourth-order valence-corrected chi connectivity index (χ4v) is 3.33. The summed E-state index contributed by atoms with van der Waals surface area (Å²) in [6, 6.07) is 12.3. The van der Waals surface area contributed by atoms with Crippen LogP contribution in [0.1, 0.15) is 12.1 Å². The first-order valence-electron chi connectivity index (χ1n) is 9.57. The maximum Gasteiger partial charge on any atom is 0.191 e. The van der Waals surface area contributed by atoms with Crippen LogP contribution >= 0.6 is 0 Å². The number of nitrogens with zero attached hydrogens (tertiary/aromatic N) is 3. The lowest BCUT2D eigenvalue weighted by Crippen LogP contribution is -2.45. The molecule has 1 aliphatic heterocycles. The lowest BCUT2D eigenvalue weighted by molar-refractivity contribution is 0.394. The predicted molar refractivity (Wildman–Crippen MR) is 113 cm³/mol. The highest BCUT2D eigenvalue weighted by molar-refractivity contribution is 5.80. The Kier molecular flexibility index (Phi) is 6.94. The minimum atomic E-state index is 0.332. The van der Waals surface area contributed by atoms with Crippen LogP contribution in [0.15, 0.2) is 47.6 Å². The molecule has 1 aromatic heterocycles. The molecular formula is C21H29N5O2. The third kappa shape index (κ3) is 5.28. The number of anilines is 1. The number of hydrogen-bond donors (Lipinski definition) is 2. The Morgan fingerprint density at radius 3 is 2.64 bits per heavy atom. The van der Waals surface area contributed by atoms with E-state index in [0.29, 0.717) is 6.04 Å². The van der Waals surface area contributed by atoms with E-state index in [2.05, 4.69) is 25.5 Å². The van der Waals surface area contributed by atoms with Crippen molar-refractivity contribution >= 4 is 11.6 Å². The zero-order valence-corrected chi connectivity index (χ0v) is 16.8. The molecule has 0 saturated carbocycles. The first kappa shape index (κ1) is 19.8. The average molecular weight is 383 g/mol. The molecule has 0 spiro atoms. The van der Waals surface area contributed by atoms with Crippen LogP contribution in [-0.4, -0.2) is 57.9 Å². The lowest BCUT2D eigenvalue weighted by Gasteiger charge is -2.21. The van der Waals surface area contributed by atoms with E-state index in [1.54, 1.807) is 21.3 Å². The van der Waals surface area contributed by atoms with Crippen molar-refractivity contribution in [3.8, 4) is 11.5 Å². The van der Waals surface area contributed by atoms with Crippen LogP contribution in [0.3, 0.4) is 0 Å². The van der Waals surface area contributed by atoms with Crippen molar-refractivity contribution in [1.29, 1.82) is 0 Å². The number of aliphatic imine (C=N–C) groups is 1. The Labute approximate surface area is 166 Å². The molecule has 1 saturated heterocycles. The van der Waals surface area contributed by atoms with Gasteiger partial charge in [-0.15, -0.1) is 0 Å². The maximum atomic E-state index is 5.39. The smallest absolute Gasteiger partial charge is 0.191 e. The molecule has 7 heteroatoms. The Hall–Kier alpha value is -2.96. The quantitative estimate of drug-likeness (QED) is 0.564. The van der Waals surface area contributed by atoms with E-state index in [9.17, 15) is 0 Å². The second kappa shape index (κ2) is 9.82. The van der Waals surface area contributed by atoms with E-state index < -0.39 is 0 Å². The van der Waals surface area contributed by atoms with Gasteiger partial charge in [0.05, 0.1) is 14.2 Å². The van der Waals surface area contributed by atoms with E-state index in [0.717, 1.165) is 61.3 Å². The van der Waals surface area contributed by atoms with Gasteiger partial charge in [0.2, 0.25) is 0 Å². The van der Waals surface area contributed by atoms with Crippen molar-refractivity contribution < 1.29 is 9.47 Å². The van der Waals surface area contributed by atoms with Crippen LogP contribution in [-0.2, 0) is 6.42 Å². The summed E-state index contributed by atoms with van der Waals surface area (Å²) in [4.78, 5) is 11.0. The topological polar surface area (TPSA) is 71.0 Å². The van der Waals surface area contributed by atoms with Gasteiger partial charge in [0.25, 0.3) is 0 Å². The van der Waals surface area contributed by atoms with E-state index in [1.165, 1.54) is 0 Å². The molecule has 1 aromatic carbocycles. The number of pyridine rings is 1. The van der Waals surface area contributed by atoms with Crippen molar-refractivity contribution in [2.24, 2.45) is 4.99 Å². The number of nitrogens with one attached hydrogen (secondary N) is 2. The fourth-order valence-electron chi connectivity index (χ4n) is 3.33. The maximum absolute atomic E-state index is 5.39. The molecule has 1 aliphatic rings. The summed E-state index contributed by atoms with van der Waals surface area (Å²) in [5, 5.41) is 6.90. The van der Waals surface area contributed by atoms with Gasteiger partial charge in [0.1, 0.15) is 11.5 Å². The molecule has 0 amide bonds. The first-order valence-corrected chi connectivity index (χ1v) is 9.57. The van der Waals surface area contributed by atoms with Crippen molar-refractivity contribution in [3.63, 3.8) is 0 Å². The molecule has 0 bridgehead atoms. The summed E-state index contributed by atoms with van der Waals surface area (Å²) in [5.74, 6) is 2.43. The van der Waals surface area contributed by atoms with Gasteiger partial charge in [-0.25, -0.2) is 0 Å². The average Bonchev–Trinajstić information content (AvgIpc) is 3.22. The Morgan fingerprint density at radius 1 is 1.21 bits per heavy atom. The highest BCUT2D eigenvalue weighted by Gasteiger charge is 2.24. The molecule has 0 aliphatic carbocycles. The van der Waals surface area contributed by atoms with Crippen LogP contribution in [0.4, 0.5) is 5.69 Å². The van der Waals surface area contributed by atoms with Gasteiger partial charge in [-0.1, -0.05) is 6.07 Å². The summed E-state index contributed by atoms with van der Waals surface area (Å²) < 4.78 is 10.8. The molecule has 2 heterocycles. The van der Waals surface area contributed by atoms with Crippen LogP contribution in [0.25, 0.3) is 0 Å². The number of methoxy groups -OCH3 is 2. The number of guanidine groups is 1. The molecule has 2 N–H and O–H groups in total. The van der Waals surface area contributed by atoms with Gasteiger partial charge in [0, 0.05) is 74.9 Å². The van der Waals surface area contributed by atoms with Crippen molar-refractivity contribution in [3.05, 3.63) is 48.3 Å². The summed E-state index contributed by atoms with van der Waals surface area (Å²) in [5.41, 5.74) is 2.18. The predicted octanol–water partition coefficient (Wildman–Crippen LogP) is 2.09. The molecule has 28 heavy (non-hydrogen) atoms. The molecule has 3 rings (SSSR count). The SMILES string of the molecule is CN=C(NCCc1ccccn1)NC1CCN(c2cc(OC)cc(OC)c2)C1. The molecular weight excluding hydrogens is 354 g/mol. The van der Waals surface area contributed by atoms with Crippen LogP contribution in [0.5, 0.6) is 11.5 Å². The number of benzene rings is 1. The van der Waals surface area contributed by atoms with Gasteiger partial charge in [0.15, 0.2) is 5.96 Å². The van der Waals surface area contributed by atoms with Gasteiger partial charge in [-0.05, 0) is 18.6 Å². The Morgan fingerprint density at radius 2 is 2.00 bits per heavy atom. The summed E-state index contributed by atoms with van der Waals surface area (Å²) in [6.45, 7) is 2.66. The minimum Gasteiger partial charge on any atom is -0.497 e. The Bertz CT molecular complexity index is 759. The van der Waals surface area contributed by atoms with E-state index in [4.69, 9.17) is 9.47 Å². The van der Waals surface area contributed by atoms with Crippen LogP contribution < -0.4 is 25.0 Å². The van der Waals surface area contributed by atoms with Gasteiger partial charge < -0.3 is 25.0 Å². The molecule has 2 aromatic rings. The summed E-state index contributed by atoms with van der Waals surface area (Å²) in [6.07, 6.45) is 3.73. The highest BCUT2D eigenvalue weighted by Crippen LogP contribution is 2.30. The van der Waals surface area contributed by atoms with E-state index >= 15 is 0 Å². The zero-order valence-electron chi connectivity index (χ0n) is 16.8. The monoisotopic (exact) mass is 383 g/mol. The van der Waals surface area contributed by atoms with Crippen molar-refractivity contribution in [2.45, 2.75) is 18.9 Å². The van der Waals surface area contributed by atoms with Gasteiger partial charge in [-0.3, -0.25) is 9.98 Å². The number of ether oxygens (including phenoxy) is 2. The summed E-state index contributed by atoms with van der Waals surface area (Å²) >= 11 is 0. The molecule has 1 unspecified atom stereocenters. The lowest BCUT2D eigenvalue weighted by atomic mass is 10.2. The van der Waals surface area contributed by atoms with Crippen molar-refractivity contribution in [2.75, 3.05) is 45.8 Å². The van der Waals surface area contributed by atoms with Gasteiger partial charge in [-0.2, -0.15) is 0 Å². The molecule has 0 radical (unpaired) electrons. The molecule has 150 valence electrons.